The minimum absolute atomic E-state index is 0.00397. The molecule has 2 aliphatic rings. The molecule has 0 aromatic rings. The summed E-state index contributed by atoms with van der Waals surface area (Å²) in [6.45, 7) is 3.54. The van der Waals surface area contributed by atoms with Crippen molar-refractivity contribution in [3.05, 3.63) is 0 Å². The Labute approximate surface area is 91.6 Å². The number of hydrogen-bond donors (Lipinski definition) is 1. The van der Waals surface area contributed by atoms with Crippen molar-refractivity contribution >= 4 is 5.91 Å². The van der Waals surface area contributed by atoms with Gasteiger partial charge in [-0.1, -0.05) is 0 Å². The molecule has 0 radical (unpaired) electrons. The van der Waals surface area contributed by atoms with Crippen LogP contribution in [0.15, 0.2) is 0 Å². The Hall–Kier alpha value is -0.610. The molecule has 15 heavy (non-hydrogen) atoms. The molecule has 4 nitrogen and oxygen atoms in total. The molecule has 0 aromatic carbocycles. The lowest BCUT2D eigenvalue weighted by atomic mass is 9.75. The highest BCUT2D eigenvalue weighted by Gasteiger charge is 2.43. The van der Waals surface area contributed by atoms with E-state index in [9.17, 15) is 4.79 Å². The minimum Gasteiger partial charge on any atom is -0.327 e. The molecule has 0 aromatic heterocycles. The van der Waals surface area contributed by atoms with Gasteiger partial charge in [0.15, 0.2) is 0 Å². The molecule has 4 heteroatoms. The summed E-state index contributed by atoms with van der Waals surface area (Å²) in [6.07, 6.45) is 3.74. The molecule has 1 saturated carbocycles. The number of nitrogens with zero attached hydrogens (tertiary/aromatic N) is 2. The van der Waals surface area contributed by atoms with Crippen LogP contribution in [0.25, 0.3) is 0 Å². The van der Waals surface area contributed by atoms with Crippen molar-refractivity contribution in [1.29, 1.82) is 0 Å². The lowest BCUT2D eigenvalue weighted by molar-refractivity contribution is -0.131. The summed E-state index contributed by atoms with van der Waals surface area (Å²) in [5.41, 5.74) is 0.251. The predicted octanol–water partition coefficient (Wildman–Crippen LogP) is 0.248. The molecule has 1 heterocycles. The zero-order valence-electron chi connectivity index (χ0n) is 9.92. The fourth-order valence-electron chi connectivity index (χ4n) is 2.51. The zero-order chi connectivity index (χ0) is 11.1. The summed E-state index contributed by atoms with van der Waals surface area (Å²) < 4.78 is 0. The summed E-state index contributed by atoms with van der Waals surface area (Å²) >= 11 is 0. The average molecular weight is 211 g/mol. The number of carbonyl (C=O) groups excluding carboxylic acids is 1. The average Bonchev–Trinajstić information content (AvgIpc) is 2.41. The van der Waals surface area contributed by atoms with Crippen LogP contribution < -0.4 is 5.32 Å². The van der Waals surface area contributed by atoms with Crippen molar-refractivity contribution in [2.45, 2.75) is 37.8 Å². The first kappa shape index (κ1) is 10.9. The third-order valence-corrected chi connectivity index (χ3v) is 3.99. The van der Waals surface area contributed by atoms with Crippen LogP contribution in [0.5, 0.6) is 0 Å². The number of carbonyl (C=O) groups is 1. The van der Waals surface area contributed by atoms with Crippen LogP contribution in [0.4, 0.5) is 0 Å². The van der Waals surface area contributed by atoms with Crippen molar-refractivity contribution in [2.75, 3.05) is 27.3 Å². The maximum Gasteiger partial charge on any atom is 0.240 e. The number of nitrogens with one attached hydrogen (secondary N) is 1. The highest BCUT2D eigenvalue weighted by molar-refractivity contribution is 5.83. The van der Waals surface area contributed by atoms with Gasteiger partial charge < -0.3 is 9.80 Å². The first-order valence-electron chi connectivity index (χ1n) is 5.75. The standard InChI is InChI=1S/C11H21N3O/c1-9-10(15)14(8-12-9)7-11(13(2)3)5-4-6-11/h9,12H,4-8H2,1-3H3. The van der Waals surface area contributed by atoms with Crippen molar-refractivity contribution in [3.63, 3.8) is 0 Å². The molecule has 0 bridgehead atoms. The van der Waals surface area contributed by atoms with Gasteiger partial charge in [-0.05, 0) is 40.3 Å². The summed E-state index contributed by atoms with van der Waals surface area (Å²) in [6, 6.07) is 0.00397. The highest BCUT2D eigenvalue weighted by Crippen LogP contribution is 2.37. The number of likely N-dealkylation sites (N-methyl/N-ethyl adjacent to an activating group) is 1. The lowest BCUT2D eigenvalue weighted by Crippen LogP contribution is -2.57. The maximum absolute atomic E-state index is 11.8. The first-order chi connectivity index (χ1) is 7.05. The van der Waals surface area contributed by atoms with Crippen LogP contribution in [0.2, 0.25) is 0 Å². The molecule has 2 rings (SSSR count). The van der Waals surface area contributed by atoms with E-state index in [1.807, 2.05) is 11.8 Å². The quantitative estimate of drug-likeness (QED) is 0.727. The predicted molar refractivity (Wildman–Crippen MR) is 59.4 cm³/mol. The molecule has 2 fully saturated rings. The van der Waals surface area contributed by atoms with E-state index >= 15 is 0 Å². The van der Waals surface area contributed by atoms with Crippen molar-refractivity contribution in [2.24, 2.45) is 0 Å². The minimum atomic E-state index is 0.00397. The normalized spacial score (nSPS) is 29.7. The Kier molecular flexibility index (Phi) is 2.73. The van der Waals surface area contributed by atoms with Crippen molar-refractivity contribution < 1.29 is 4.79 Å². The monoisotopic (exact) mass is 211 g/mol. The fraction of sp³-hybridized carbons (Fsp3) is 0.909. The van der Waals surface area contributed by atoms with Gasteiger partial charge in [0, 0.05) is 12.1 Å². The molecule has 1 aliphatic carbocycles. The smallest absolute Gasteiger partial charge is 0.240 e. The lowest BCUT2D eigenvalue weighted by Gasteiger charge is -2.49. The second-order valence-corrected chi connectivity index (χ2v) is 5.09. The molecule has 1 amide bonds. The van der Waals surface area contributed by atoms with Gasteiger partial charge in [0.2, 0.25) is 5.91 Å². The van der Waals surface area contributed by atoms with Gasteiger partial charge in [-0.2, -0.15) is 0 Å². The largest absolute Gasteiger partial charge is 0.327 e. The molecule has 0 spiro atoms. The van der Waals surface area contributed by atoms with Gasteiger partial charge in [0.05, 0.1) is 12.7 Å². The van der Waals surface area contributed by atoms with Gasteiger partial charge in [0.25, 0.3) is 0 Å². The Balaban J connectivity index is 1.99. The maximum atomic E-state index is 11.8. The van der Waals surface area contributed by atoms with Gasteiger partial charge in [-0.15, -0.1) is 0 Å². The molecule has 1 saturated heterocycles. The molecule has 1 atom stereocenters. The summed E-state index contributed by atoms with van der Waals surface area (Å²) in [5.74, 6) is 0.253. The molecule has 1 unspecified atom stereocenters. The van der Waals surface area contributed by atoms with Crippen LogP contribution in [-0.2, 0) is 4.79 Å². The Morgan fingerprint density at radius 2 is 2.20 bits per heavy atom. The molecule has 86 valence electrons. The van der Waals surface area contributed by atoms with E-state index in [0.29, 0.717) is 0 Å². The Bertz CT molecular complexity index is 261. The van der Waals surface area contributed by atoms with E-state index in [-0.39, 0.29) is 17.5 Å². The number of rotatable bonds is 3. The third-order valence-electron chi connectivity index (χ3n) is 3.99. The second kappa shape index (κ2) is 3.76. The molecule has 1 N–H and O–H groups in total. The SMILES string of the molecule is CC1NCN(CC2(N(C)C)CCC2)C1=O. The van der Waals surface area contributed by atoms with E-state index in [4.69, 9.17) is 0 Å². The van der Waals surface area contributed by atoms with Gasteiger partial charge in [-0.3, -0.25) is 10.1 Å². The van der Waals surface area contributed by atoms with Crippen LogP contribution in [0, 0.1) is 0 Å². The van der Waals surface area contributed by atoms with Gasteiger partial charge >= 0.3 is 0 Å². The van der Waals surface area contributed by atoms with E-state index in [2.05, 4.69) is 24.3 Å². The van der Waals surface area contributed by atoms with E-state index < -0.39 is 0 Å². The number of hydrogen-bond acceptors (Lipinski definition) is 3. The highest BCUT2D eigenvalue weighted by atomic mass is 16.2. The topological polar surface area (TPSA) is 35.6 Å². The second-order valence-electron chi connectivity index (χ2n) is 5.09. The zero-order valence-corrected chi connectivity index (χ0v) is 9.92. The van der Waals surface area contributed by atoms with Crippen LogP contribution >= 0.6 is 0 Å². The Morgan fingerprint density at radius 3 is 2.53 bits per heavy atom. The van der Waals surface area contributed by atoms with Crippen LogP contribution in [-0.4, -0.2) is 54.6 Å². The molecular formula is C11H21N3O. The van der Waals surface area contributed by atoms with Crippen molar-refractivity contribution in [3.8, 4) is 0 Å². The van der Waals surface area contributed by atoms with Crippen LogP contribution in [0.3, 0.4) is 0 Å². The first-order valence-corrected chi connectivity index (χ1v) is 5.75. The van der Waals surface area contributed by atoms with Gasteiger partial charge in [-0.25, -0.2) is 0 Å². The molecule has 1 aliphatic heterocycles. The van der Waals surface area contributed by atoms with Gasteiger partial charge in [0.1, 0.15) is 0 Å². The van der Waals surface area contributed by atoms with Crippen molar-refractivity contribution in [1.82, 2.24) is 15.1 Å². The van der Waals surface area contributed by atoms with E-state index in [1.165, 1.54) is 19.3 Å². The van der Waals surface area contributed by atoms with E-state index in [0.717, 1.165) is 13.2 Å². The van der Waals surface area contributed by atoms with Crippen LogP contribution in [0.1, 0.15) is 26.2 Å². The summed E-state index contributed by atoms with van der Waals surface area (Å²) in [4.78, 5) is 16.0. The molecular weight excluding hydrogens is 190 g/mol. The number of amides is 1. The fourth-order valence-corrected chi connectivity index (χ4v) is 2.51. The van der Waals surface area contributed by atoms with E-state index in [1.54, 1.807) is 0 Å². The summed E-state index contributed by atoms with van der Waals surface area (Å²) in [5, 5.41) is 3.19. The summed E-state index contributed by atoms with van der Waals surface area (Å²) in [7, 11) is 4.24. The Morgan fingerprint density at radius 1 is 1.53 bits per heavy atom. The third kappa shape index (κ3) is 1.76.